The van der Waals surface area contributed by atoms with E-state index >= 15 is 0 Å². The van der Waals surface area contributed by atoms with Gasteiger partial charge < -0.3 is 9.96 Å². The van der Waals surface area contributed by atoms with E-state index in [1.165, 1.54) is 12.1 Å². The maximum atomic E-state index is 3.85. The molecule has 0 bridgehead atoms. The molecule has 0 atom stereocenters. The minimum absolute atomic E-state index is 0.468. The zero-order valence-corrected chi connectivity index (χ0v) is 15.2. The summed E-state index contributed by atoms with van der Waals surface area (Å²) < 4.78 is 0. The van der Waals surface area contributed by atoms with Gasteiger partial charge in [0.05, 0.1) is 0 Å². The van der Waals surface area contributed by atoms with E-state index in [-0.39, 0.29) is 0 Å². The van der Waals surface area contributed by atoms with Gasteiger partial charge in [0.2, 0.25) is 0 Å². The molecule has 2 nitrogen and oxygen atoms in total. The van der Waals surface area contributed by atoms with Gasteiger partial charge in [0, 0.05) is 12.1 Å². The van der Waals surface area contributed by atoms with Crippen LogP contribution in [0.1, 0.15) is 0 Å². The van der Waals surface area contributed by atoms with Crippen molar-refractivity contribution in [1.82, 2.24) is 9.96 Å². The second-order valence-corrected chi connectivity index (χ2v) is 16.3. The number of allylic oxidation sites excluding steroid dienone is 4. The van der Waals surface area contributed by atoms with E-state index < -0.39 is 16.5 Å². The van der Waals surface area contributed by atoms with Crippen molar-refractivity contribution in [1.29, 1.82) is 0 Å². The summed E-state index contributed by atoms with van der Waals surface area (Å²) in [6.45, 7) is 9.80. The van der Waals surface area contributed by atoms with Gasteiger partial charge in [0.1, 0.15) is 16.5 Å². The molecule has 0 saturated heterocycles. The van der Waals surface area contributed by atoms with Crippen LogP contribution in [-0.4, -0.2) is 28.6 Å². The van der Waals surface area contributed by atoms with E-state index in [0.717, 1.165) is 0 Å². The summed E-state index contributed by atoms with van der Waals surface area (Å²) in [7, 11) is -2.66. The Bertz CT molecular complexity index is 381. The molecule has 0 heterocycles. The van der Waals surface area contributed by atoms with Gasteiger partial charge in [-0.15, -0.1) is 0 Å². The standard InChI is InChI=1S/C16H28N2Si2/c1-19(2,17-15-9-5-6-10-15)13-14-20(3,4)18-16-11-7-8-12-16/h5-12,15-18H,13-14H2,1-4H3. The average Bonchev–Trinajstić information content (AvgIpc) is 2.99. The van der Waals surface area contributed by atoms with E-state index in [2.05, 4.69) is 84.8 Å². The molecule has 0 unspecified atom stereocenters. The average molecular weight is 305 g/mol. The third-order valence-corrected chi connectivity index (χ3v) is 9.72. The number of hydrogen-bond donors (Lipinski definition) is 2. The molecular formula is C16H28N2Si2. The molecule has 0 saturated carbocycles. The van der Waals surface area contributed by atoms with Gasteiger partial charge in [-0.05, 0) is 12.1 Å². The highest BCUT2D eigenvalue weighted by Crippen LogP contribution is 2.19. The summed E-state index contributed by atoms with van der Waals surface area (Å²) in [4.78, 5) is 7.71. The van der Waals surface area contributed by atoms with Gasteiger partial charge in [-0.1, -0.05) is 74.8 Å². The lowest BCUT2D eigenvalue weighted by Crippen LogP contribution is -2.53. The Labute approximate surface area is 125 Å². The molecule has 0 aromatic carbocycles. The molecule has 0 aromatic heterocycles. The van der Waals surface area contributed by atoms with Crippen molar-refractivity contribution >= 4 is 16.5 Å². The summed E-state index contributed by atoms with van der Waals surface area (Å²) >= 11 is 0. The predicted octanol–water partition coefficient (Wildman–Crippen LogP) is 3.57. The van der Waals surface area contributed by atoms with Crippen LogP contribution in [0.15, 0.2) is 48.6 Å². The van der Waals surface area contributed by atoms with E-state index in [1.54, 1.807) is 0 Å². The summed E-state index contributed by atoms with van der Waals surface area (Å²) in [6.07, 6.45) is 17.6. The quantitative estimate of drug-likeness (QED) is 0.703. The van der Waals surface area contributed by atoms with Gasteiger partial charge in [-0.25, -0.2) is 0 Å². The van der Waals surface area contributed by atoms with Crippen LogP contribution in [0.4, 0.5) is 0 Å². The largest absolute Gasteiger partial charge is 0.328 e. The third kappa shape index (κ3) is 5.01. The number of nitrogens with one attached hydrogen (secondary N) is 2. The Kier molecular flexibility index (Phi) is 5.01. The van der Waals surface area contributed by atoms with Gasteiger partial charge >= 0.3 is 0 Å². The molecule has 0 aromatic rings. The summed E-state index contributed by atoms with van der Waals surface area (Å²) in [5.41, 5.74) is 0. The smallest absolute Gasteiger partial charge is 0.119 e. The first kappa shape index (κ1) is 15.7. The highest BCUT2D eigenvalue weighted by atomic mass is 28.3. The summed E-state index contributed by atoms with van der Waals surface area (Å²) in [5, 5.41) is 0. The third-order valence-electron chi connectivity index (χ3n) is 3.99. The fourth-order valence-electron chi connectivity index (χ4n) is 2.73. The first-order chi connectivity index (χ1) is 9.36. The van der Waals surface area contributed by atoms with Crippen LogP contribution < -0.4 is 9.96 Å². The van der Waals surface area contributed by atoms with Crippen molar-refractivity contribution in [3.8, 4) is 0 Å². The molecule has 0 fully saturated rings. The molecule has 0 aliphatic heterocycles. The minimum Gasteiger partial charge on any atom is -0.328 e. The van der Waals surface area contributed by atoms with Crippen LogP contribution in [0.25, 0.3) is 0 Å². The Hall–Kier alpha value is -0.686. The molecule has 2 aliphatic rings. The van der Waals surface area contributed by atoms with Crippen LogP contribution in [0.3, 0.4) is 0 Å². The Morgan fingerprint density at radius 2 is 0.950 bits per heavy atom. The Morgan fingerprint density at radius 3 is 1.25 bits per heavy atom. The zero-order valence-electron chi connectivity index (χ0n) is 13.2. The SMILES string of the molecule is C[Si](C)(CC[Si](C)(C)NC1C=CC=C1)NC1C=CC=C1. The van der Waals surface area contributed by atoms with Crippen LogP contribution in [0, 0.1) is 0 Å². The monoisotopic (exact) mass is 304 g/mol. The number of rotatable bonds is 7. The molecular weight excluding hydrogens is 276 g/mol. The summed E-state index contributed by atoms with van der Waals surface area (Å²) in [6, 6.07) is 3.62. The first-order valence-electron chi connectivity index (χ1n) is 7.62. The van der Waals surface area contributed by atoms with Crippen molar-refractivity contribution in [3.05, 3.63) is 48.6 Å². The van der Waals surface area contributed by atoms with Gasteiger partial charge in [0.25, 0.3) is 0 Å². The highest BCUT2D eigenvalue weighted by Gasteiger charge is 2.29. The lowest BCUT2D eigenvalue weighted by Gasteiger charge is -2.32. The normalized spacial score (nSPS) is 19.6. The van der Waals surface area contributed by atoms with Crippen LogP contribution >= 0.6 is 0 Å². The fraction of sp³-hybridized carbons (Fsp3) is 0.500. The van der Waals surface area contributed by atoms with Gasteiger partial charge in [-0.3, -0.25) is 0 Å². The van der Waals surface area contributed by atoms with Crippen LogP contribution in [0.5, 0.6) is 0 Å². The van der Waals surface area contributed by atoms with E-state index in [1.807, 2.05) is 0 Å². The Morgan fingerprint density at radius 1 is 0.650 bits per heavy atom. The van der Waals surface area contributed by atoms with Gasteiger partial charge in [-0.2, -0.15) is 0 Å². The minimum atomic E-state index is -1.33. The van der Waals surface area contributed by atoms with Gasteiger partial charge in [0.15, 0.2) is 0 Å². The molecule has 0 spiro atoms. The Balaban J connectivity index is 1.79. The lowest BCUT2D eigenvalue weighted by atomic mass is 10.4. The zero-order chi connectivity index (χ0) is 14.6. The predicted molar refractivity (Wildman–Crippen MR) is 95.0 cm³/mol. The molecule has 2 N–H and O–H groups in total. The second kappa shape index (κ2) is 6.39. The van der Waals surface area contributed by atoms with Crippen LogP contribution in [-0.2, 0) is 0 Å². The van der Waals surface area contributed by atoms with Crippen LogP contribution in [0.2, 0.25) is 38.3 Å². The fourth-order valence-corrected chi connectivity index (χ4v) is 10.2. The molecule has 20 heavy (non-hydrogen) atoms. The maximum absolute atomic E-state index is 3.85. The molecule has 0 radical (unpaired) electrons. The maximum Gasteiger partial charge on any atom is 0.119 e. The first-order valence-corrected chi connectivity index (χ1v) is 14.0. The van der Waals surface area contributed by atoms with Crippen molar-refractivity contribution in [2.45, 2.75) is 50.4 Å². The highest BCUT2D eigenvalue weighted by molar-refractivity contribution is 6.80. The van der Waals surface area contributed by atoms with E-state index in [4.69, 9.17) is 0 Å². The second-order valence-electron chi connectivity index (χ2n) is 7.15. The lowest BCUT2D eigenvalue weighted by molar-refractivity contribution is 0.861. The van der Waals surface area contributed by atoms with Crippen molar-refractivity contribution in [2.24, 2.45) is 0 Å². The van der Waals surface area contributed by atoms with E-state index in [9.17, 15) is 0 Å². The van der Waals surface area contributed by atoms with E-state index in [0.29, 0.717) is 12.1 Å². The molecule has 2 rings (SSSR count). The van der Waals surface area contributed by atoms with Crippen molar-refractivity contribution in [3.63, 3.8) is 0 Å². The molecule has 110 valence electrons. The van der Waals surface area contributed by atoms with Crippen molar-refractivity contribution in [2.75, 3.05) is 0 Å². The topological polar surface area (TPSA) is 24.1 Å². The molecule has 4 heteroatoms. The molecule has 0 amide bonds. The molecule has 2 aliphatic carbocycles. The number of hydrogen-bond acceptors (Lipinski definition) is 2. The summed E-state index contributed by atoms with van der Waals surface area (Å²) in [5.74, 6) is 0. The van der Waals surface area contributed by atoms with Crippen molar-refractivity contribution < 1.29 is 0 Å².